The third-order valence-electron chi connectivity index (χ3n) is 3.78. The average Bonchev–Trinajstić information content (AvgIpc) is 2.60. The minimum absolute atomic E-state index is 0.579. The number of benzene rings is 2. The minimum Gasteiger partial charge on any atom is -0.492 e. The van der Waals surface area contributed by atoms with Crippen LogP contribution in [0.5, 0.6) is 5.75 Å². The van der Waals surface area contributed by atoms with Crippen LogP contribution in [0.25, 0.3) is 0 Å². The Morgan fingerprint density at radius 1 is 1.08 bits per heavy atom. The van der Waals surface area contributed by atoms with Gasteiger partial charge in [-0.15, -0.1) is 6.58 Å². The Bertz CT molecular complexity index is 774. The van der Waals surface area contributed by atoms with Crippen LogP contribution in [0.15, 0.2) is 67.3 Å². The molecule has 0 aliphatic carbocycles. The van der Waals surface area contributed by atoms with Crippen LogP contribution in [0.2, 0.25) is 0 Å². The molecule has 140 valence electrons. The van der Waals surface area contributed by atoms with E-state index in [9.17, 15) is 8.42 Å². The molecule has 2 aromatic carbocycles. The second kappa shape index (κ2) is 9.99. The highest BCUT2D eigenvalue weighted by Crippen LogP contribution is 2.12. The number of nitrogens with one attached hydrogen (secondary N) is 1. The van der Waals surface area contributed by atoms with E-state index in [1.165, 1.54) is 0 Å². The van der Waals surface area contributed by atoms with Gasteiger partial charge in [0, 0.05) is 25.3 Å². The van der Waals surface area contributed by atoms with Crippen LogP contribution >= 0.6 is 0 Å². The van der Waals surface area contributed by atoms with Crippen LogP contribution in [-0.2, 0) is 16.4 Å². The van der Waals surface area contributed by atoms with Crippen molar-refractivity contribution in [2.45, 2.75) is 6.42 Å². The Kier molecular flexibility index (Phi) is 7.69. The van der Waals surface area contributed by atoms with Crippen LogP contribution in [0.4, 0.5) is 5.69 Å². The Labute approximate surface area is 156 Å². The summed E-state index contributed by atoms with van der Waals surface area (Å²) in [4.78, 5) is 2.28. The quantitative estimate of drug-likeness (QED) is 0.614. The van der Waals surface area contributed by atoms with Crippen LogP contribution in [-0.4, -0.2) is 45.8 Å². The molecule has 0 unspecified atom stereocenters. The molecule has 0 saturated heterocycles. The molecule has 0 saturated carbocycles. The fraction of sp³-hybridized carbons (Fsp3) is 0.300. The number of para-hydroxylation sites is 1. The molecule has 0 amide bonds. The van der Waals surface area contributed by atoms with Gasteiger partial charge in [0.25, 0.3) is 0 Å². The highest BCUT2D eigenvalue weighted by molar-refractivity contribution is 7.92. The van der Waals surface area contributed by atoms with Crippen molar-refractivity contribution in [3.05, 3.63) is 72.8 Å². The standard InChI is InChI=1S/C20H26N2O3S/c1-3-14-22(16-17-25-20-7-5-4-6-8-20)15-13-18-9-11-19(12-10-18)21-26(2,23)24/h3-12,21H,1,13-17H2,2H3. The maximum Gasteiger partial charge on any atom is 0.229 e. The van der Waals surface area contributed by atoms with Crippen molar-refractivity contribution in [1.82, 2.24) is 4.90 Å². The molecule has 0 aliphatic heterocycles. The Morgan fingerprint density at radius 3 is 2.38 bits per heavy atom. The topological polar surface area (TPSA) is 58.6 Å². The van der Waals surface area contributed by atoms with Crippen LogP contribution in [0.1, 0.15) is 5.56 Å². The molecule has 2 aromatic rings. The lowest BCUT2D eigenvalue weighted by atomic mass is 10.1. The van der Waals surface area contributed by atoms with Crippen molar-refractivity contribution < 1.29 is 13.2 Å². The lowest BCUT2D eigenvalue weighted by molar-refractivity contribution is 0.224. The van der Waals surface area contributed by atoms with E-state index in [0.717, 1.165) is 43.6 Å². The van der Waals surface area contributed by atoms with E-state index >= 15 is 0 Å². The smallest absolute Gasteiger partial charge is 0.229 e. The third kappa shape index (κ3) is 7.72. The van der Waals surface area contributed by atoms with Gasteiger partial charge in [0.2, 0.25) is 10.0 Å². The van der Waals surface area contributed by atoms with E-state index in [1.807, 2.05) is 48.5 Å². The number of nitrogens with zero attached hydrogens (tertiary/aromatic N) is 1. The van der Waals surface area contributed by atoms with Crippen LogP contribution in [0.3, 0.4) is 0 Å². The molecule has 5 nitrogen and oxygen atoms in total. The summed E-state index contributed by atoms with van der Waals surface area (Å²) in [7, 11) is -3.24. The predicted molar refractivity (Wildman–Crippen MR) is 107 cm³/mol. The van der Waals surface area contributed by atoms with Gasteiger partial charge in [-0.1, -0.05) is 36.4 Å². The van der Waals surface area contributed by atoms with E-state index in [-0.39, 0.29) is 0 Å². The van der Waals surface area contributed by atoms with Gasteiger partial charge in [0.15, 0.2) is 0 Å². The maximum absolute atomic E-state index is 11.2. The van der Waals surface area contributed by atoms with E-state index in [1.54, 1.807) is 12.1 Å². The summed E-state index contributed by atoms with van der Waals surface area (Å²) in [5.41, 5.74) is 1.73. The lowest BCUT2D eigenvalue weighted by Gasteiger charge is -2.21. The molecule has 0 radical (unpaired) electrons. The summed E-state index contributed by atoms with van der Waals surface area (Å²) in [6.45, 7) is 6.93. The Balaban J connectivity index is 1.80. The Morgan fingerprint density at radius 2 is 1.77 bits per heavy atom. The maximum atomic E-state index is 11.2. The van der Waals surface area contributed by atoms with E-state index < -0.39 is 10.0 Å². The van der Waals surface area contributed by atoms with Gasteiger partial charge in [-0.3, -0.25) is 9.62 Å². The van der Waals surface area contributed by atoms with Crippen molar-refractivity contribution in [3.63, 3.8) is 0 Å². The summed E-state index contributed by atoms with van der Waals surface area (Å²) >= 11 is 0. The molecule has 0 bridgehead atoms. The van der Waals surface area contributed by atoms with Gasteiger partial charge >= 0.3 is 0 Å². The number of sulfonamides is 1. The third-order valence-corrected chi connectivity index (χ3v) is 4.39. The molecule has 0 aromatic heterocycles. The van der Waals surface area contributed by atoms with E-state index in [0.29, 0.717) is 12.3 Å². The number of hydrogen-bond acceptors (Lipinski definition) is 4. The van der Waals surface area contributed by atoms with Gasteiger partial charge < -0.3 is 4.74 Å². The second-order valence-electron chi connectivity index (χ2n) is 6.07. The zero-order chi connectivity index (χ0) is 18.8. The van der Waals surface area contributed by atoms with Gasteiger partial charge in [-0.25, -0.2) is 8.42 Å². The second-order valence-corrected chi connectivity index (χ2v) is 7.82. The molecular formula is C20H26N2O3S. The fourth-order valence-electron chi connectivity index (χ4n) is 2.53. The van der Waals surface area contributed by atoms with Crippen molar-refractivity contribution >= 4 is 15.7 Å². The molecule has 2 rings (SSSR count). The van der Waals surface area contributed by atoms with Crippen LogP contribution < -0.4 is 9.46 Å². The fourth-order valence-corrected chi connectivity index (χ4v) is 3.09. The van der Waals surface area contributed by atoms with Gasteiger partial charge in [0.05, 0.1) is 6.26 Å². The molecule has 0 heterocycles. The SMILES string of the molecule is C=CCN(CCOc1ccccc1)CCc1ccc(NS(C)(=O)=O)cc1. The molecule has 0 fully saturated rings. The van der Waals surface area contributed by atoms with E-state index in [4.69, 9.17) is 4.74 Å². The zero-order valence-corrected chi connectivity index (χ0v) is 15.9. The summed E-state index contributed by atoms with van der Waals surface area (Å²) in [6.07, 6.45) is 3.91. The molecule has 26 heavy (non-hydrogen) atoms. The molecule has 6 heteroatoms. The summed E-state index contributed by atoms with van der Waals surface area (Å²) in [5.74, 6) is 0.875. The monoisotopic (exact) mass is 374 g/mol. The van der Waals surface area contributed by atoms with Gasteiger partial charge in [-0.05, 0) is 36.2 Å². The zero-order valence-electron chi connectivity index (χ0n) is 15.1. The van der Waals surface area contributed by atoms with Gasteiger partial charge in [0.1, 0.15) is 12.4 Å². The molecule has 0 atom stereocenters. The highest BCUT2D eigenvalue weighted by Gasteiger charge is 2.05. The first kappa shape index (κ1) is 20.0. The number of ether oxygens (including phenoxy) is 1. The van der Waals surface area contributed by atoms with Crippen LogP contribution in [0, 0.1) is 0 Å². The number of rotatable bonds is 11. The molecule has 0 spiro atoms. The molecule has 0 aliphatic rings. The normalized spacial score (nSPS) is 11.3. The highest BCUT2D eigenvalue weighted by atomic mass is 32.2. The molecule has 1 N–H and O–H groups in total. The van der Waals surface area contributed by atoms with Crippen molar-refractivity contribution in [1.29, 1.82) is 0 Å². The average molecular weight is 375 g/mol. The lowest BCUT2D eigenvalue weighted by Crippen LogP contribution is -2.30. The van der Waals surface area contributed by atoms with Crippen molar-refractivity contribution in [2.24, 2.45) is 0 Å². The van der Waals surface area contributed by atoms with Crippen molar-refractivity contribution in [2.75, 3.05) is 37.2 Å². The number of anilines is 1. The summed E-state index contributed by atoms with van der Waals surface area (Å²) in [6, 6.07) is 17.2. The first-order valence-electron chi connectivity index (χ1n) is 8.54. The summed E-state index contributed by atoms with van der Waals surface area (Å²) < 4.78 is 30.7. The number of hydrogen-bond donors (Lipinski definition) is 1. The largest absolute Gasteiger partial charge is 0.492 e. The predicted octanol–water partition coefficient (Wildman–Crippen LogP) is 3.17. The first-order valence-corrected chi connectivity index (χ1v) is 10.4. The Hall–Kier alpha value is -2.31. The molecular weight excluding hydrogens is 348 g/mol. The summed E-state index contributed by atoms with van der Waals surface area (Å²) in [5, 5.41) is 0. The minimum atomic E-state index is -3.24. The van der Waals surface area contributed by atoms with Crippen molar-refractivity contribution in [3.8, 4) is 5.75 Å². The first-order chi connectivity index (χ1) is 12.5. The van der Waals surface area contributed by atoms with E-state index in [2.05, 4.69) is 16.2 Å². The van der Waals surface area contributed by atoms with Gasteiger partial charge in [-0.2, -0.15) is 0 Å².